The van der Waals surface area contributed by atoms with Gasteiger partial charge in [0, 0.05) is 29.9 Å². The third kappa shape index (κ3) is 3.73. The number of urea groups is 1. The maximum atomic E-state index is 12.4. The number of aromatic nitrogens is 2. The number of anilines is 1. The minimum absolute atomic E-state index is 0.181. The third-order valence-corrected chi connectivity index (χ3v) is 4.22. The van der Waals surface area contributed by atoms with E-state index in [4.69, 9.17) is 0 Å². The number of amides is 2. The number of thiophene rings is 1. The Bertz CT molecular complexity index is 774. The molecule has 3 aromatic rings. The molecule has 1 aromatic carbocycles. The molecule has 0 fully saturated rings. The first-order valence-electron chi connectivity index (χ1n) is 7.14. The summed E-state index contributed by atoms with van der Waals surface area (Å²) in [4.78, 5) is 23.3. The van der Waals surface area contributed by atoms with Gasteiger partial charge in [0.15, 0.2) is 0 Å². The Morgan fingerprint density at radius 2 is 2.09 bits per heavy atom. The number of rotatable bonds is 4. The van der Waals surface area contributed by atoms with E-state index in [1.807, 2.05) is 41.8 Å². The van der Waals surface area contributed by atoms with Crippen LogP contribution in [0.1, 0.15) is 5.69 Å². The molecule has 2 heterocycles. The topological polar surface area (TPSA) is 58.1 Å². The predicted molar refractivity (Wildman–Crippen MR) is 92.3 cm³/mol. The van der Waals surface area contributed by atoms with E-state index in [0.717, 1.165) is 21.8 Å². The fourth-order valence-corrected chi connectivity index (χ4v) is 2.94. The van der Waals surface area contributed by atoms with E-state index in [9.17, 15) is 4.79 Å². The summed E-state index contributed by atoms with van der Waals surface area (Å²) in [5.41, 5.74) is 2.56. The second kappa shape index (κ2) is 7.02. The highest BCUT2D eigenvalue weighted by Gasteiger charge is 2.13. The first kappa shape index (κ1) is 15.2. The van der Waals surface area contributed by atoms with E-state index in [1.165, 1.54) is 0 Å². The summed E-state index contributed by atoms with van der Waals surface area (Å²) in [5.74, 6) is 0. The summed E-state index contributed by atoms with van der Waals surface area (Å²) in [6, 6.07) is 11.6. The lowest BCUT2D eigenvalue weighted by Gasteiger charge is -2.18. The fraction of sp³-hybridized carbons (Fsp3) is 0.118. The van der Waals surface area contributed by atoms with E-state index >= 15 is 0 Å². The van der Waals surface area contributed by atoms with Crippen molar-refractivity contribution in [1.82, 2.24) is 14.9 Å². The molecule has 0 saturated carbocycles. The summed E-state index contributed by atoms with van der Waals surface area (Å²) in [6.07, 6.45) is 4.89. The summed E-state index contributed by atoms with van der Waals surface area (Å²) in [7, 11) is 1.73. The molecular weight excluding hydrogens is 308 g/mol. The van der Waals surface area contributed by atoms with Crippen LogP contribution in [0.4, 0.5) is 10.5 Å². The van der Waals surface area contributed by atoms with Gasteiger partial charge in [-0.25, -0.2) is 4.79 Å². The molecule has 2 amide bonds. The average molecular weight is 324 g/mol. The zero-order valence-corrected chi connectivity index (χ0v) is 13.5. The van der Waals surface area contributed by atoms with Gasteiger partial charge in [-0.1, -0.05) is 24.3 Å². The SMILES string of the molecule is CN(Cc1cnccn1)C(=O)Nc1ccccc1-c1cccs1. The summed E-state index contributed by atoms with van der Waals surface area (Å²) in [5, 5.41) is 4.99. The van der Waals surface area contributed by atoms with Crippen LogP contribution in [0.2, 0.25) is 0 Å². The van der Waals surface area contributed by atoms with Gasteiger partial charge in [-0.3, -0.25) is 9.97 Å². The van der Waals surface area contributed by atoms with Crippen molar-refractivity contribution in [1.29, 1.82) is 0 Å². The molecule has 2 aromatic heterocycles. The minimum Gasteiger partial charge on any atom is -0.322 e. The predicted octanol–water partition coefficient (Wildman–Crippen LogP) is 3.87. The van der Waals surface area contributed by atoms with E-state index < -0.39 is 0 Å². The van der Waals surface area contributed by atoms with Gasteiger partial charge in [0.2, 0.25) is 0 Å². The van der Waals surface area contributed by atoms with Crippen LogP contribution in [0, 0.1) is 0 Å². The zero-order valence-electron chi connectivity index (χ0n) is 12.6. The van der Waals surface area contributed by atoms with Gasteiger partial charge < -0.3 is 10.2 Å². The maximum Gasteiger partial charge on any atom is 0.321 e. The van der Waals surface area contributed by atoms with Gasteiger partial charge in [0.1, 0.15) is 0 Å². The van der Waals surface area contributed by atoms with E-state index in [1.54, 1.807) is 41.9 Å². The molecule has 0 atom stereocenters. The summed E-state index contributed by atoms with van der Waals surface area (Å²) < 4.78 is 0. The molecule has 6 heteroatoms. The molecular formula is C17H16N4OS. The molecule has 0 aliphatic carbocycles. The Balaban J connectivity index is 1.73. The number of carbonyl (C=O) groups excluding carboxylic acids is 1. The third-order valence-electron chi connectivity index (χ3n) is 3.32. The minimum atomic E-state index is -0.181. The lowest BCUT2D eigenvalue weighted by Crippen LogP contribution is -2.31. The van der Waals surface area contributed by atoms with Crippen LogP contribution in [0.25, 0.3) is 10.4 Å². The molecule has 0 spiro atoms. The number of hydrogen-bond acceptors (Lipinski definition) is 4. The van der Waals surface area contributed by atoms with Gasteiger partial charge >= 0.3 is 6.03 Å². The van der Waals surface area contributed by atoms with Crippen molar-refractivity contribution in [2.45, 2.75) is 6.54 Å². The lowest BCUT2D eigenvalue weighted by atomic mass is 10.1. The Morgan fingerprint density at radius 1 is 1.22 bits per heavy atom. The van der Waals surface area contributed by atoms with Crippen molar-refractivity contribution >= 4 is 23.1 Å². The Kier molecular flexibility index (Phi) is 4.63. The Morgan fingerprint density at radius 3 is 2.83 bits per heavy atom. The van der Waals surface area contributed by atoms with Crippen LogP contribution >= 0.6 is 11.3 Å². The van der Waals surface area contributed by atoms with Crippen LogP contribution in [0.3, 0.4) is 0 Å². The fourth-order valence-electron chi connectivity index (χ4n) is 2.18. The Labute approximate surface area is 138 Å². The molecule has 0 bridgehead atoms. The highest BCUT2D eigenvalue weighted by atomic mass is 32.1. The van der Waals surface area contributed by atoms with Crippen LogP contribution in [-0.2, 0) is 6.54 Å². The maximum absolute atomic E-state index is 12.4. The van der Waals surface area contributed by atoms with Gasteiger partial charge in [-0.05, 0) is 17.5 Å². The monoisotopic (exact) mass is 324 g/mol. The molecule has 1 N–H and O–H groups in total. The van der Waals surface area contributed by atoms with E-state index in [-0.39, 0.29) is 6.03 Å². The van der Waals surface area contributed by atoms with Crippen LogP contribution in [0.5, 0.6) is 0 Å². The smallest absolute Gasteiger partial charge is 0.321 e. The van der Waals surface area contributed by atoms with E-state index in [0.29, 0.717) is 6.54 Å². The van der Waals surface area contributed by atoms with Crippen LogP contribution < -0.4 is 5.32 Å². The van der Waals surface area contributed by atoms with Crippen LogP contribution in [-0.4, -0.2) is 27.9 Å². The van der Waals surface area contributed by atoms with Crippen LogP contribution in [0.15, 0.2) is 60.4 Å². The second-order valence-electron chi connectivity index (χ2n) is 5.01. The Hall–Kier alpha value is -2.73. The average Bonchev–Trinajstić information content (AvgIpc) is 3.10. The van der Waals surface area contributed by atoms with E-state index in [2.05, 4.69) is 15.3 Å². The van der Waals surface area contributed by atoms with Gasteiger partial charge in [-0.2, -0.15) is 0 Å². The van der Waals surface area contributed by atoms with Gasteiger partial charge in [0.25, 0.3) is 0 Å². The molecule has 116 valence electrons. The zero-order chi connectivity index (χ0) is 16.1. The summed E-state index contributed by atoms with van der Waals surface area (Å²) >= 11 is 1.65. The summed E-state index contributed by atoms with van der Waals surface area (Å²) in [6.45, 7) is 0.404. The van der Waals surface area contributed by atoms with Gasteiger partial charge in [0.05, 0.1) is 24.1 Å². The number of nitrogens with one attached hydrogen (secondary N) is 1. The standard InChI is InChI=1S/C17H16N4OS/c1-21(12-13-11-18-8-9-19-13)17(22)20-15-6-3-2-5-14(15)16-7-4-10-23-16/h2-11H,12H2,1H3,(H,20,22). The number of hydrogen-bond donors (Lipinski definition) is 1. The molecule has 0 aliphatic rings. The van der Waals surface area contributed by atoms with Crippen molar-refractivity contribution in [2.75, 3.05) is 12.4 Å². The largest absolute Gasteiger partial charge is 0.322 e. The molecule has 0 radical (unpaired) electrons. The molecule has 0 aliphatic heterocycles. The molecule has 3 rings (SSSR count). The van der Waals surface area contributed by atoms with Crippen molar-refractivity contribution in [3.63, 3.8) is 0 Å². The van der Waals surface area contributed by atoms with Crippen molar-refractivity contribution in [2.24, 2.45) is 0 Å². The van der Waals surface area contributed by atoms with Gasteiger partial charge in [-0.15, -0.1) is 11.3 Å². The van der Waals surface area contributed by atoms with Crippen molar-refractivity contribution in [3.8, 4) is 10.4 Å². The van der Waals surface area contributed by atoms with Crippen molar-refractivity contribution in [3.05, 3.63) is 66.1 Å². The van der Waals surface area contributed by atoms with Crippen molar-refractivity contribution < 1.29 is 4.79 Å². The first-order chi connectivity index (χ1) is 11.2. The molecule has 23 heavy (non-hydrogen) atoms. The normalized spacial score (nSPS) is 10.3. The highest BCUT2D eigenvalue weighted by molar-refractivity contribution is 7.13. The quantitative estimate of drug-likeness (QED) is 0.792. The number of carbonyl (C=O) groups is 1. The highest BCUT2D eigenvalue weighted by Crippen LogP contribution is 2.31. The second-order valence-corrected chi connectivity index (χ2v) is 5.95. The molecule has 5 nitrogen and oxygen atoms in total. The number of benzene rings is 1. The number of nitrogens with zero attached hydrogens (tertiary/aromatic N) is 3. The molecule has 0 unspecified atom stereocenters. The molecule has 0 saturated heterocycles. The number of para-hydroxylation sites is 1. The lowest BCUT2D eigenvalue weighted by molar-refractivity contribution is 0.220. The first-order valence-corrected chi connectivity index (χ1v) is 8.02.